The first-order valence-electron chi connectivity index (χ1n) is 9.64. The summed E-state index contributed by atoms with van der Waals surface area (Å²) < 4.78 is 13.1. The van der Waals surface area contributed by atoms with Crippen LogP contribution < -0.4 is 14.7 Å². The van der Waals surface area contributed by atoms with Gasteiger partial charge in [-0.25, -0.2) is 14.4 Å². The van der Waals surface area contributed by atoms with Gasteiger partial charge in [-0.3, -0.25) is 0 Å². The van der Waals surface area contributed by atoms with Crippen LogP contribution in [0.3, 0.4) is 0 Å². The van der Waals surface area contributed by atoms with Crippen molar-refractivity contribution in [2.45, 2.75) is 6.92 Å². The van der Waals surface area contributed by atoms with Crippen LogP contribution in [-0.2, 0) is 0 Å². The lowest BCUT2D eigenvalue weighted by Gasteiger charge is -2.37. The Morgan fingerprint density at radius 2 is 1.57 bits per heavy atom. The standard InChI is InChI=1S/C22H24FN5/c1-2-28(20-6-4-3-5-7-20)22-16-21(24-17-25-22)27-14-12-26(13-15-27)19-10-8-18(23)9-11-19/h3-11,16-17H,2,12-15H2,1H3. The fraction of sp³-hybridized carbons (Fsp3) is 0.273. The number of hydrogen-bond acceptors (Lipinski definition) is 5. The number of para-hydroxylation sites is 1. The van der Waals surface area contributed by atoms with Crippen LogP contribution in [0.5, 0.6) is 0 Å². The Balaban J connectivity index is 1.47. The normalized spacial score (nSPS) is 14.2. The molecule has 0 spiro atoms. The van der Waals surface area contributed by atoms with Crippen molar-refractivity contribution in [2.75, 3.05) is 47.4 Å². The molecule has 4 rings (SSSR count). The van der Waals surface area contributed by atoms with Gasteiger partial charge in [-0.1, -0.05) is 18.2 Å². The van der Waals surface area contributed by atoms with Crippen molar-refractivity contribution in [3.63, 3.8) is 0 Å². The van der Waals surface area contributed by atoms with Crippen molar-refractivity contribution in [1.82, 2.24) is 9.97 Å². The molecule has 0 unspecified atom stereocenters. The summed E-state index contributed by atoms with van der Waals surface area (Å²) in [6.45, 7) is 6.44. The Morgan fingerprint density at radius 1 is 0.893 bits per heavy atom. The predicted molar refractivity (Wildman–Crippen MR) is 112 cm³/mol. The predicted octanol–water partition coefficient (Wildman–Crippen LogP) is 4.10. The first-order valence-corrected chi connectivity index (χ1v) is 9.64. The molecule has 0 atom stereocenters. The molecule has 28 heavy (non-hydrogen) atoms. The zero-order valence-corrected chi connectivity index (χ0v) is 16.0. The van der Waals surface area contributed by atoms with Gasteiger partial charge in [-0.2, -0.15) is 0 Å². The summed E-state index contributed by atoms with van der Waals surface area (Å²) in [5.41, 5.74) is 2.18. The maximum absolute atomic E-state index is 13.1. The highest BCUT2D eigenvalue weighted by Gasteiger charge is 2.20. The molecule has 2 heterocycles. The highest BCUT2D eigenvalue weighted by atomic mass is 19.1. The summed E-state index contributed by atoms with van der Waals surface area (Å²) in [6, 6.07) is 19.0. The van der Waals surface area contributed by atoms with Gasteiger partial charge in [0.2, 0.25) is 0 Å². The topological polar surface area (TPSA) is 35.5 Å². The van der Waals surface area contributed by atoms with Gasteiger partial charge in [0, 0.05) is 50.2 Å². The second-order valence-corrected chi connectivity index (χ2v) is 6.76. The molecule has 0 amide bonds. The molecule has 1 saturated heterocycles. The lowest BCUT2D eigenvalue weighted by atomic mass is 10.2. The Kier molecular flexibility index (Phi) is 5.37. The maximum Gasteiger partial charge on any atom is 0.138 e. The average molecular weight is 377 g/mol. The zero-order valence-electron chi connectivity index (χ0n) is 16.0. The van der Waals surface area contributed by atoms with Crippen LogP contribution >= 0.6 is 0 Å². The van der Waals surface area contributed by atoms with Gasteiger partial charge in [0.05, 0.1) is 0 Å². The third-order valence-corrected chi connectivity index (χ3v) is 5.09. The number of hydrogen-bond donors (Lipinski definition) is 0. The van der Waals surface area contributed by atoms with Crippen molar-refractivity contribution < 1.29 is 4.39 Å². The lowest BCUT2D eigenvalue weighted by Crippen LogP contribution is -2.46. The van der Waals surface area contributed by atoms with Crippen LogP contribution in [0, 0.1) is 5.82 Å². The summed E-state index contributed by atoms with van der Waals surface area (Å²) in [4.78, 5) is 15.7. The Hall–Kier alpha value is -3.15. The van der Waals surface area contributed by atoms with Crippen molar-refractivity contribution in [2.24, 2.45) is 0 Å². The van der Waals surface area contributed by atoms with E-state index < -0.39 is 0 Å². The third kappa shape index (κ3) is 3.91. The van der Waals surface area contributed by atoms with E-state index in [1.54, 1.807) is 6.33 Å². The molecule has 0 aliphatic carbocycles. The van der Waals surface area contributed by atoms with Crippen molar-refractivity contribution in [3.8, 4) is 0 Å². The molecule has 5 nitrogen and oxygen atoms in total. The van der Waals surface area contributed by atoms with Crippen molar-refractivity contribution in [1.29, 1.82) is 0 Å². The average Bonchev–Trinajstić information content (AvgIpc) is 2.76. The molecule has 3 aromatic rings. The number of piperazine rings is 1. The summed E-state index contributed by atoms with van der Waals surface area (Å²) in [6.07, 6.45) is 1.64. The van der Waals surface area contributed by atoms with Gasteiger partial charge in [0.1, 0.15) is 23.8 Å². The molecule has 0 saturated carbocycles. The van der Waals surface area contributed by atoms with E-state index in [1.165, 1.54) is 12.1 Å². The minimum Gasteiger partial charge on any atom is -0.368 e. The van der Waals surface area contributed by atoms with Crippen LogP contribution in [0.2, 0.25) is 0 Å². The minimum atomic E-state index is -0.199. The molecule has 0 radical (unpaired) electrons. The zero-order chi connectivity index (χ0) is 19.3. The fourth-order valence-corrected chi connectivity index (χ4v) is 3.59. The highest BCUT2D eigenvalue weighted by molar-refractivity contribution is 5.62. The van der Waals surface area contributed by atoms with Crippen LogP contribution in [0.15, 0.2) is 67.0 Å². The smallest absolute Gasteiger partial charge is 0.138 e. The molecular weight excluding hydrogens is 353 g/mol. The molecule has 1 aliphatic heterocycles. The number of benzene rings is 2. The summed E-state index contributed by atoms with van der Waals surface area (Å²) in [5, 5.41) is 0. The third-order valence-electron chi connectivity index (χ3n) is 5.09. The molecule has 1 aromatic heterocycles. The van der Waals surface area contributed by atoms with E-state index in [2.05, 4.69) is 49.8 Å². The van der Waals surface area contributed by atoms with Crippen LogP contribution in [0.1, 0.15) is 6.92 Å². The minimum absolute atomic E-state index is 0.199. The first kappa shape index (κ1) is 18.2. The summed E-state index contributed by atoms with van der Waals surface area (Å²) in [7, 11) is 0. The SMILES string of the molecule is CCN(c1ccccc1)c1cc(N2CCN(c3ccc(F)cc3)CC2)ncn1. The van der Waals surface area contributed by atoms with Gasteiger partial charge in [0.25, 0.3) is 0 Å². The number of aromatic nitrogens is 2. The number of halogens is 1. The van der Waals surface area contributed by atoms with E-state index in [1.807, 2.05) is 30.3 Å². The van der Waals surface area contributed by atoms with E-state index >= 15 is 0 Å². The lowest BCUT2D eigenvalue weighted by molar-refractivity contribution is 0.624. The van der Waals surface area contributed by atoms with E-state index in [0.29, 0.717) is 0 Å². The quantitative estimate of drug-likeness (QED) is 0.669. The summed E-state index contributed by atoms with van der Waals surface area (Å²) in [5.74, 6) is 1.65. The molecule has 6 heteroatoms. The monoisotopic (exact) mass is 377 g/mol. The molecule has 144 valence electrons. The molecule has 1 fully saturated rings. The molecule has 1 aliphatic rings. The van der Waals surface area contributed by atoms with Gasteiger partial charge in [-0.05, 0) is 43.3 Å². The number of anilines is 4. The van der Waals surface area contributed by atoms with E-state index in [0.717, 1.165) is 55.7 Å². The second-order valence-electron chi connectivity index (χ2n) is 6.76. The number of rotatable bonds is 5. The van der Waals surface area contributed by atoms with Crippen molar-refractivity contribution >= 4 is 23.0 Å². The second kappa shape index (κ2) is 8.25. The van der Waals surface area contributed by atoms with Crippen molar-refractivity contribution in [3.05, 3.63) is 72.8 Å². The van der Waals surface area contributed by atoms with Crippen LogP contribution in [0.4, 0.5) is 27.4 Å². The fourth-order valence-electron chi connectivity index (χ4n) is 3.59. The van der Waals surface area contributed by atoms with Gasteiger partial charge in [-0.15, -0.1) is 0 Å². The molecule has 2 aromatic carbocycles. The maximum atomic E-state index is 13.1. The molecular formula is C22H24FN5. The van der Waals surface area contributed by atoms with E-state index in [9.17, 15) is 4.39 Å². The Labute approximate surface area is 165 Å². The molecule has 0 N–H and O–H groups in total. The first-order chi connectivity index (χ1) is 13.7. The van der Waals surface area contributed by atoms with Gasteiger partial charge in [0.15, 0.2) is 0 Å². The van der Waals surface area contributed by atoms with Gasteiger partial charge < -0.3 is 14.7 Å². The van der Waals surface area contributed by atoms with Crippen LogP contribution in [0.25, 0.3) is 0 Å². The highest BCUT2D eigenvalue weighted by Crippen LogP contribution is 2.26. The Bertz CT molecular complexity index is 892. The van der Waals surface area contributed by atoms with E-state index in [-0.39, 0.29) is 5.82 Å². The Morgan fingerprint density at radius 3 is 2.25 bits per heavy atom. The largest absolute Gasteiger partial charge is 0.368 e. The van der Waals surface area contributed by atoms with Gasteiger partial charge >= 0.3 is 0 Å². The van der Waals surface area contributed by atoms with E-state index in [4.69, 9.17) is 0 Å². The van der Waals surface area contributed by atoms with Crippen LogP contribution in [-0.4, -0.2) is 42.7 Å². The molecule has 0 bridgehead atoms. The summed E-state index contributed by atoms with van der Waals surface area (Å²) >= 11 is 0. The number of nitrogens with zero attached hydrogens (tertiary/aromatic N) is 5.